The molecule has 0 radical (unpaired) electrons. The first kappa shape index (κ1) is 12.1. The topological polar surface area (TPSA) is 38.3 Å². The zero-order valence-electron chi connectivity index (χ0n) is 10.0. The van der Waals surface area contributed by atoms with Gasteiger partial charge in [-0.15, -0.1) is 0 Å². The maximum absolute atomic E-state index is 11.6. The second kappa shape index (κ2) is 6.40. The highest BCUT2D eigenvalue weighted by Crippen LogP contribution is 2.14. The molecule has 1 fully saturated rings. The molecule has 0 spiro atoms. The third kappa shape index (κ3) is 3.86. The van der Waals surface area contributed by atoms with Gasteiger partial charge in [0.1, 0.15) is 0 Å². The lowest BCUT2D eigenvalue weighted by atomic mass is 9.97. The van der Waals surface area contributed by atoms with E-state index in [0.717, 1.165) is 19.5 Å². The molecule has 0 aromatic heterocycles. The predicted octanol–water partition coefficient (Wildman–Crippen LogP) is 2.23. The first-order valence-corrected chi connectivity index (χ1v) is 6.29. The number of nitrogens with one attached hydrogen (secondary N) is 1. The summed E-state index contributed by atoms with van der Waals surface area (Å²) < 4.78 is 5.26. The Morgan fingerprint density at radius 3 is 2.88 bits per heavy atom. The Hall–Kier alpha value is -1.35. The molecule has 1 atom stereocenters. The SMILES string of the molecule is O=C(OCCC1CCCNC1)c1ccccc1. The van der Waals surface area contributed by atoms with Crippen LogP contribution in [-0.2, 0) is 4.74 Å². The molecule has 2 rings (SSSR count). The van der Waals surface area contributed by atoms with Gasteiger partial charge in [-0.2, -0.15) is 0 Å². The molecule has 17 heavy (non-hydrogen) atoms. The van der Waals surface area contributed by atoms with Crippen LogP contribution in [0.4, 0.5) is 0 Å². The molecule has 92 valence electrons. The van der Waals surface area contributed by atoms with Crippen molar-refractivity contribution in [1.29, 1.82) is 0 Å². The molecule has 1 saturated heterocycles. The van der Waals surface area contributed by atoms with Gasteiger partial charge < -0.3 is 10.1 Å². The fourth-order valence-electron chi connectivity index (χ4n) is 2.15. The highest BCUT2D eigenvalue weighted by Gasteiger charge is 2.13. The second-order valence-corrected chi connectivity index (χ2v) is 4.50. The molecule has 0 bridgehead atoms. The number of rotatable bonds is 4. The normalized spacial score (nSPS) is 19.9. The van der Waals surface area contributed by atoms with Crippen LogP contribution in [0.3, 0.4) is 0 Å². The summed E-state index contributed by atoms with van der Waals surface area (Å²) in [7, 11) is 0. The number of carbonyl (C=O) groups excluding carboxylic acids is 1. The molecule has 1 N–H and O–H groups in total. The van der Waals surface area contributed by atoms with Gasteiger partial charge in [-0.1, -0.05) is 18.2 Å². The lowest BCUT2D eigenvalue weighted by Gasteiger charge is -2.22. The Kier molecular flexibility index (Phi) is 4.56. The largest absolute Gasteiger partial charge is 0.462 e. The van der Waals surface area contributed by atoms with E-state index in [-0.39, 0.29) is 5.97 Å². The van der Waals surface area contributed by atoms with E-state index in [4.69, 9.17) is 4.74 Å². The summed E-state index contributed by atoms with van der Waals surface area (Å²) in [6.07, 6.45) is 3.44. The van der Waals surface area contributed by atoms with Crippen molar-refractivity contribution in [1.82, 2.24) is 5.32 Å². The van der Waals surface area contributed by atoms with Crippen LogP contribution >= 0.6 is 0 Å². The molecular formula is C14H19NO2. The van der Waals surface area contributed by atoms with Crippen molar-refractivity contribution in [2.75, 3.05) is 19.7 Å². The van der Waals surface area contributed by atoms with Gasteiger partial charge in [0.05, 0.1) is 12.2 Å². The molecule has 3 nitrogen and oxygen atoms in total. The number of carbonyl (C=O) groups is 1. The van der Waals surface area contributed by atoms with Crippen LogP contribution in [0.25, 0.3) is 0 Å². The summed E-state index contributed by atoms with van der Waals surface area (Å²) >= 11 is 0. The highest BCUT2D eigenvalue weighted by atomic mass is 16.5. The third-order valence-corrected chi connectivity index (χ3v) is 3.17. The molecule has 1 aromatic rings. The van der Waals surface area contributed by atoms with Crippen molar-refractivity contribution < 1.29 is 9.53 Å². The number of ether oxygens (including phenoxy) is 1. The minimum atomic E-state index is -0.214. The number of hydrogen-bond acceptors (Lipinski definition) is 3. The van der Waals surface area contributed by atoms with E-state index in [1.807, 2.05) is 18.2 Å². The molecule has 0 aliphatic carbocycles. The van der Waals surface area contributed by atoms with E-state index in [0.29, 0.717) is 18.1 Å². The Balaban J connectivity index is 1.69. The van der Waals surface area contributed by atoms with Gasteiger partial charge in [0.15, 0.2) is 0 Å². The van der Waals surface area contributed by atoms with Gasteiger partial charge in [0.2, 0.25) is 0 Å². The number of piperidine rings is 1. The van der Waals surface area contributed by atoms with Crippen molar-refractivity contribution in [2.45, 2.75) is 19.3 Å². The number of hydrogen-bond donors (Lipinski definition) is 1. The van der Waals surface area contributed by atoms with Gasteiger partial charge in [0.25, 0.3) is 0 Å². The standard InChI is InChI=1S/C14H19NO2/c16-14(13-6-2-1-3-7-13)17-10-8-12-5-4-9-15-11-12/h1-3,6-7,12,15H,4-5,8-11H2. The lowest BCUT2D eigenvalue weighted by molar-refractivity contribution is 0.0477. The van der Waals surface area contributed by atoms with Crippen molar-refractivity contribution >= 4 is 5.97 Å². The average Bonchev–Trinajstić information content (AvgIpc) is 2.41. The lowest BCUT2D eigenvalue weighted by Crippen LogP contribution is -2.30. The van der Waals surface area contributed by atoms with E-state index in [1.165, 1.54) is 12.8 Å². The zero-order valence-corrected chi connectivity index (χ0v) is 10.0. The Morgan fingerprint density at radius 2 is 2.18 bits per heavy atom. The van der Waals surface area contributed by atoms with Crippen molar-refractivity contribution in [3.8, 4) is 0 Å². The molecule has 0 saturated carbocycles. The van der Waals surface area contributed by atoms with Crippen LogP contribution in [0.15, 0.2) is 30.3 Å². The second-order valence-electron chi connectivity index (χ2n) is 4.50. The smallest absolute Gasteiger partial charge is 0.338 e. The van der Waals surface area contributed by atoms with Gasteiger partial charge in [-0.3, -0.25) is 0 Å². The highest BCUT2D eigenvalue weighted by molar-refractivity contribution is 5.89. The van der Waals surface area contributed by atoms with Crippen LogP contribution < -0.4 is 5.32 Å². The maximum Gasteiger partial charge on any atom is 0.338 e. The molecule has 0 amide bonds. The average molecular weight is 233 g/mol. The van der Waals surface area contributed by atoms with E-state index < -0.39 is 0 Å². The summed E-state index contributed by atoms with van der Waals surface area (Å²) in [5.41, 5.74) is 0.634. The maximum atomic E-state index is 11.6. The fraction of sp³-hybridized carbons (Fsp3) is 0.500. The molecule has 1 aromatic carbocycles. The molecule has 3 heteroatoms. The molecular weight excluding hydrogens is 214 g/mol. The van der Waals surface area contributed by atoms with Crippen LogP contribution in [-0.4, -0.2) is 25.7 Å². The Morgan fingerprint density at radius 1 is 1.35 bits per heavy atom. The summed E-state index contributed by atoms with van der Waals surface area (Å²) in [5, 5.41) is 3.36. The van der Waals surface area contributed by atoms with E-state index in [9.17, 15) is 4.79 Å². The fourth-order valence-corrected chi connectivity index (χ4v) is 2.15. The number of benzene rings is 1. The van der Waals surface area contributed by atoms with Crippen LogP contribution in [0.2, 0.25) is 0 Å². The van der Waals surface area contributed by atoms with Gasteiger partial charge in [-0.25, -0.2) is 4.79 Å². The van der Waals surface area contributed by atoms with Crippen molar-refractivity contribution in [3.63, 3.8) is 0 Å². The minimum absolute atomic E-state index is 0.214. The predicted molar refractivity (Wildman–Crippen MR) is 66.9 cm³/mol. The Labute approximate surface area is 102 Å². The van der Waals surface area contributed by atoms with Crippen LogP contribution in [0.1, 0.15) is 29.6 Å². The quantitative estimate of drug-likeness (QED) is 0.810. The summed E-state index contributed by atoms with van der Waals surface area (Å²) in [6, 6.07) is 9.16. The Bertz CT molecular complexity index is 344. The first-order chi connectivity index (χ1) is 8.36. The van der Waals surface area contributed by atoms with Crippen molar-refractivity contribution in [3.05, 3.63) is 35.9 Å². The van der Waals surface area contributed by atoms with Gasteiger partial charge >= 0.3 is 5.97 Å². The van der Waals surface area contributed by atoms with Gasteiger partial charge in [0, 0.05) is 0 Å². The zero-order chi connectivity index (χ0) is 11.9. The summed E-state index contributed by atoms with van der Waals surface area (Å²) in [6.45, 7) is 2.71. The minimum Gasteiger partial charge on any atom is -0.462 e. The van der Waals surface area contributed by atoms with Crippen LogP contribution in [0.5, 0.6) is 0 Å². The summed E-state index contributed by atoms with van der Waals surface area (Å²) in [4.78, 5) is 11.6. The van der Waals surface area contributed by atoms with Crippen LogP contribution in [0, 0.1) is 5.92 Å². The molecule has 1 unspecified atom stereocenters. The molecule has 1 aliphatic heterocycles. The first-order valence-electron chi connectivity index (χ1n) is 6.29. The monoisotopic (exact) mass is 233 g/mol. The molecule has 1 aliphatic rings. The molecule has 1 heterocycles. The summed E-state index contributed by atoms with van der Waals surface area (Å²) in [5.74, 6) is 0.446. The third-order valence-electron chi connectivity index (χ3n) is 3.17. The van der Waals surface area contributed by atoms with E-state index in [1.54, 1.807) is 12.1 Å². The van der Waals surface area contributed by atoms with Crippen molar-refractivity contribution in [2.24, 2.45) is 5.92 Å². The van der Waals surface area contributed by atoms with E-state index >= 15 is 0 Å². The number of esters is 1. The van der Waals surface area contributed by atoms with Gasteiger partial charge in [-0.05, 0) is 50.4 Å². The van der Waals surface area contributed by atoms with E-state index in [2.05, 4.69) is 5.32 Å².